The van der Waals surface area contributed by atoms with Crippen molar-refractivity contribution in [3.05, 3.63) is 41.6 Å². The maximum Gasteiger partial charge on any atom is 0.418 e. The highest BCUT2D eigenvalue weighted by molar-refractivity contribution is 6.06. The summed E-state index contributed by atoms with van der Waals surface area (Å²) in [6, 6.07) is 6.27. The van der Waals surface area contributed by atoms with E-state index in [-0.39, 0.29) is 17.5 Å². The van der Waals surface area contributed by atoms with Crippen molar-refractivity contribution in [3.63, 3.8) is 0 Å². The Bertz CT molecular complexity index is 792. The Labute approximate surface area is 160 Å². The number of nitrogens with zero attached hydrogens (tertiary/aromatic N) is 2. The van der Waals surface area contributed by atoms with Gasteiger partial charge in [0.1, 0.15) is 11.6 Å². The van der Waals surface area contributed by atoms with Crippen LogP contribution in [0, 0.1) is 17.2 Å². The molecule has 1 amide bonds. The fourth-order valence-corrected chi connectivity index (χ4v) is 2.87. The maximum atomic E-state index is 13.0. The molecule has 1 N–H and O–H groups in total. The number of halogens is 3. The first-order chi connectivity index (χ1) is 13.3. The molecule has 0 saturated carbocycles. The van der Waals surface area contributed by atoms with Crippen molar-refractivity contribution in [1.29, 1.82) is 5.26 Å². The lowest BCUT2D eigenvalue weighted by Gasteiger charge is -2.30. The lowest BCUT2D eigenvalue weighted by molar-refractivity contribution is -0.149. The van der Waals surface area contributed by atoms with E-state index in [2.05, 4.69) is 5.32 Å². The molecule has 0 radical (unpaired) electrons. The highest BCUT2D eigenvalue weighted by Gasteiger charge is 2.34. The van der Waals surface area contributed by atoms with Gasteiger partial charge in [0.25, 0.3) is 5.91 Å². The molecule has 28 heavy (non-hydrogen) atoms. The molecule has 0 aliphatic carbocycles. The largest absolute Gasteiger partial charge is 0.466 e. The summed E-state index contributed by atoms with van der Waals surface area (Å²) in [4.78, 5) is 25.7. The van der Waals surface area contributed by atoms with Crippen molar-refractivity contribution in [2.45, 2.75) is 25.9 Å². The third kappa shape index (κ3) is 5.49. The number of carbonyl (C=O) groups excluding carboxylic acids is 2. The average Bonchev–Trinajstić information content (AvgIpc) is 2.66. The number of benzene rings is 1. The molecule has 6 nitrogen and oxygen atoms in total. The summed E-state index contributed by atoms with van der Waals surface area (Å²) >= 11 is 0. The number of alkyl halides is 3. The van der Waals surface area contributed by atoms with E-state index in [1.165, 1.54) is 18.3 Å². The van der Waals surface area contributed by atoms with Crippen LogP contribution in [0.3, 0.4) is 0 Å². The second-order valence-corrected chi connectivity index (χ2v) is 6.21. The van der Waals surface area contributed by atoms with Gasteiger partial charge in [0.05, 0.1) is 23.8 Å². The second-order valence-electron chi connectivity index (χ2n) is 6.21. The average molecular weight is 395 g/mol. The van der Waals surface area contributed by atoms with Crippen LogP contribution >= 0.6 is 0 Å². The van der Waals surface area contributed by atoms with Crippen molar-refractivity contribution in [2.24, 2.45) is 5.92 Å². The molecule has 1 aromatic carbocycles. The quantitative estimate of drug-likeness (QED) is 0.470. The van der Waals surface area contributed by atoms with Gasteiger partial charge in [-0.25, -0.2) is 0 Å². The van der Waals surface area contributed by atoms with Crippen molar-refractivity contribution >= 4 is 17.6 Å². The van der Waals surface area contributed by atoms with Crippen molar-refractivity contribution in [2.75, 3.05) is 25.0 Å². The van der Waals surface area contributed by atoms with Crippen LogP contribution in [0.15, 0.2) is 36.0 Å². The molecule has 1 fully saturated rings. The van der Waals surface area contributed by atoms with E-state index in [1.54, 1.807) is 17.9 Å². The first kappa shape index (κ1) is 21.3. The number of esters is 1. The van der Waals surface area contributed by atoms with E-state index in [9.17, 15) is 28.0 Å². The van der Waals surface area contributed by atoms with E-state index in [0.29, 0.717) is 32.5 Å². The van der Waals surface area contributed by atoms with E-state index in [4.69, 9.17) is 4.74 Å². The van der Waals surface area contributed by atoms with Crippen LogP contribution in [0.5, 0.6) is 0 Å². The molecule has 9 heteroatoms. The van der Waals surface area contributed by atoms with Crippen LogP contribution in [0.4, 0.5) is 18.9 Å². The number of likely N-dealkylation sites (tertiary alicyclic amines) is 1. The third-order valence-corrected chi connectivity index (χ3v) is 4.31. The number of nitriles is 1. The number of ether oxygens (including phenoxy) is 1. The van der Waals surface area contributed by atoms with Crippen LogP contribution in [-0.4, -0.2) is 36.5 Å². The molecular weight excluding hydrogens is 375 g/mol. The van der Waals surface area contributed by atoms with Gasteiger partial charge in [-0.1, -0.05) is 12.1 Å². The molecule has 1 aliphatic rings. The number of hydrogen-bond donors (Lipinski definition) is 1. The monoisotopic (exact) mass is 395 g/mol. The van der Waals surface area contributed by atoms with E-state index in [0.717, 1.165) is 12.1 Å². The fourth-order valence-electron chi connectivity index (χ4n) is 2.87. The van der Waals surface area contributed by atoms with Crippen LogP contribution in [-0.2, 0) is 20.5 Å². The normalized spacial score (nSPS) is 15.7. The molecule has 1 aliphatic heterocycles. The predicted molar refractivity (Wildman–Crippen MR) is 94.7 cm³/mol. The zero-order valence-electron chi connectivity index (χ0n) is 15.3. The van der Waals surface area contributed by atoms with Gasteiger partial charge >= 0.3 is 12.1 Å². The summed E-state index contributed by atoms with van der Waals surface area (Å²) in [5, 5.41) is 11.4. The van der Waals surface area contributed by atoms with Gasteiger partial charge in [0.15, 0.2) is 0 Å². The van der Waals surface area contributed by atoms with E-state index in [1.807, 2.05) is 0 Å². The lowest BCUT2D eigenvalue weighted by atomic mass is 9.97. The number of amides is 1. The minimum Gasteiger partial charge on any atom is -0.466 e. The number of nitrogens with one attached hydrogen (secondary N) is 1. The number of hydrogen-bond acceptors (Lipinski definition) is 5. The molecule has 0 bridgehead atoms. The molecule has 0 spiro atoms. The molecule has 0 aromatic heterocycles. The Morgan fingerprint density at radius 3 is 2.54 bits per heavy atom. The van der Waals surface area contributed by atoms with Crippen molar-refractivity contribution in [1.82, 2.24) is 4.90 Å². The molecule has 1 heterocycles. The van der Waals surface area contributed by atoms with Crippen LogP contribution in [0.25, 0.3) is 0 Å². The Morgan fingerprint density at radius 1 is 1.32 bits per heavy atom. The Kier molecular flexibility index (Phi) is 7.04. The number of anilines is 1. The summed E-state index contributed by atoms with van der Waals surface area (Å²) < 4.78 is 44.1. The second kappa shape index (κ2) is 9.26. The minimum atomic E-state index is -4.63. The zero-order valence-corrected chi connectivity index (χ0v) is 15.3. The fraction of sp³-hybridized carbons (Fsp3) is 0.421. The zero-order chi connectivity index (χ0) is 20.7. The molecule has 0 atom stereocenters. The number of carbonyl (C=O) groups is 2. The summed E-state index contributed by atoms with van der Waals surface area (Å²) in [7, 11) is 0. The summed E-state index contributed by atoms with van der Waals surface area (Å²) in [5.41, 5.74) is -1.72. The van der Waals surface area contributed by atoms with Gasteiger partial charge < -0.3 is 15.0 Å². The Balaban J connectivity index is 2.05. The van der Waals surface area contributed by atoms with Gasteiger partial charge in [-0.05, 0) is 31.9 Å². The summed E-state index contributed by atoms with van der Waals surface area (Å²) in [6.07, 6.45) is -2.30. The highest BCUT2D eigenvalue weighted by Crippen LogP contribution is 2.34. The number of rotatable bonds is 5. The van der Waals surface area contributed by atoms with Crippen molar-refractivity contribution < 1.29 is 27.5 Å². The smallest absolute Gasteiger partial charge is 0.418 e. The molecule has 0 unspecified atom stereocenters. The standard InChI is InChI=1S/C19H20F3N3O3/c1-2-28-18(27)13-7-9-25(10-8-13)12-14(11-23)17(26)24-16-6-4-3-5-15(16)19(20,21)22/h3-6,12-13H,2,7-10H2,1H3,(H,24,26)/b14-12-. The van der Waals surface area contributed by atoms with Gasteiger partial charge in [0, 0.05) is 19.3 Å². The van der Waals surface area contributed by atoms with Gasteiger partial charge in [-0.2, -0.15) is 18.4 Å². The van der Waals surface area contributed by atoms with Crippen molar-refractivity contribution in [3.8, 4) is 6.07 Å². The first-order valence-corrected chi connectivity index (χ1v) is 8.76. The van der Waals surface area contributed by atoms with Crippen LogP contribution < -0.4 is 5.32 Å². The van der Waals surface area contributed by atoms with Gasteiger partial charge in [-0.3, -0.25) is 9.59 Å². The molecule has 150 valence electrons. The summed E-state index contributed by atoms with van der Waals surface area (Å²) in [6.45, 7) is 2.89. The first-order valence-electron chi connectivity index (χ1n) is 8.76. The number of para-hydroxylation sites is 1. The van der Waals surface area contributed by atoms with Gasteiger partial charge in [0.2, 0.25) is 0 Å². The SMILES string of the molecule is CCOC(=O)C1CCN(/C=C(/C#N)C(=O)Nc2ccccc2C(F)(F)F)CC1. The van der Waals surface area contributed by atoms with Crippen LogP contribution in [0.1, 0.15) is 25.3 Å². The summed E-state index contributed by atoms with van der Waals surface area (Å²) in [5.74, 6) is -1.43. The maximum absolute atomic E-state index is 13.0. The predicted octanol–water partition coefficient (Wildman–Crippen LogP) is 3.33. The third-order valence-electron chi connectivity index (χ3n) is 4.31. The van der Waals surface area contributed by atoms with Crippen LogP contribution in [0.2, 0.25) is 0 Å². The molecule has 1 saturated heterocycles. The molecular formula is C19H20F3N3O3. The number of piperidine rings is 1. The molecule has 2 rings (SSSR count). The Hall–Kier alpha value is -3.02. The highest BCUT2D eigenvalue weighted by atomic mass is 19.4. The molecule has 1 aromatic rings. The Morgan fingerprint density at radius 2 is 1.96 bits per heavy atom. The van der Waals surface area contributed by atoms with E-state index < -0.39 is 23.3 Å². The topological polar surface area (TPSA) is 82.4 Å². The van der Waals surface area contributed by atoms with Gasteiger partial charge in [-0.15, -0.1) is 0 Å². The van der Waals surface area contributed by atoms with E-state index >= 15 is 0 Å². The minimum absolute atomic E-state index is 0.234. The lowest BCUT2D eigenvalue weighted by Crippen LogP contribution is -2.34.